The van der Waals surface area contributed by atoms with Crippen LogP contribution in [0, 0.1) is 0 Å². The Bertz CT molecular complexity index is 520. The van der Waals surface area contributed by atoms with Crippen LogP contribution in [0.3, 0.4) is 0 Å². The molecule has 18 heavy (non-hydrogen) atoms. The Morgan fingerprint density at radius 1 is 1.28 bits per heavy atom. The number of aromatic nitrogens is 2. The Labute approximate surface area is 116 Å². The predicted octanol–water partition coefficient (Wildman–Crippen LogP) is 3.00. The highest BCUT2D eigenvalue weighted by Gasteiger charge is 2.12. The third kappa shape index (κ3) is 2.82. The summed E-state index contributed by atoms with van der Waals surface area (Å²) in [7, 11) is 3.99. The van der Waals surface area contributed by atoms with Crippen molar-refractivity contribution in [2.75, 3.05) is 13.6 Å². The van der Waals surface area contributed by atoms with E-state index in [4.69, 9.17) is 0 Å². The lowest BCUT2D eigenvalue weighted by atomic mass is 10.0. The standard InChI is InChI=1S/C14H18BrN3/c1-16-9-5-8-14-12(10-17-18(14)2)11-6-3-4-7-13(11)15/h3-4,6-7,10,16H,5,8-9H2,1-2H3. The van der Waals surface area contributed by atoms with Gasteiger partial charge in [-0.05, 0) is 38.1 Å². The maximum absolute atomic E-state index is 4.39. The number of hydrogen-bond acceptors (Lipinski definition) is 2. The minimum absolute atomic E-state index is 1.03. The first-order valence-corrected chi connectivity index (χ1v) is 6.93. The summed E-state index contributed by atoms with van der Waals surface area (Å²) in [5.74, 6) is 0. The quantitative estimate of drug-likeness (QED) is 0.861. The van der Waals surface area contributed by atoms with E-state index in [0.29, 0.717) is 0 Å². The highest BCUT2D eigenvalue weighted by atomic mass is 79.9. The topological polar surface area (TPSA) is 29.9 Å². The second kappa shape index (κ2) is 6.16. The average molecular weight is 308 g/mol. The minimum Gasteiger partial charge on any atom is -0.320 e. The fraction of sp³-hybridized carbons (Fsp3) is 0.357. The van der Waals surface area contributed by atoms with Crippen molar-refractivity contribution in [3.63, 3.8) is 0 Å². The van der Waals surface area contributed by atoms with Gasteiger partial charge in [0.1, 0.15) is 0 Å². The largest absolute Gasteiger partial charge is 0.320 e. The fourth-order valence-corrected chi connectivity index (χ4v) is 2.59. The maximum Gasteiger partial charge on any atom is 0.0571 e. The van der Waals surface area contributed by atoms with E-state index in [-0.39, 0.29) is 0 Å². The summed E-state index contributed by atoms with van der Waals surface area (Å²) in [6.07, 6.45) is 4.11. The Morgan fingerprint density at radius 2 is 2.06 bits per heavy atom. The zero-order valence-corrected chi connectivity index (χ0v) is 12.4. The molecule has 0 aliphatic rings. The smallest absolute Gasteiger partial charge is 0.0571 e. The number of rotatable bonds is 5. The number of aryl methyl sites for hydroxylation is 1. The molecule has 0 spiro atoms. The Balaban J connectivity index is 2.31. The van der Waals surface area contributed by atoms with Crippen LogP contribution >= 0.6 is 15.9 Å². The van der Waals surface area contributed by atoms with Crippen LogP contribution in [0.4, 0.5) is 0 Å². The van der Waals surface area contributed by atoms with Gasteiger partial charge in [0, 0.05) is 22.8 Å². The van der Waals surface area contributed by atoms with Crippen LogP contribution in [0.25, 0.3) is 11.1 Å². The van der Waals surface area contributed by atoms with Gasteiger partial charge in [-0.2, -0.15) is 5.10 Å². The number of hydrogen-bond donors (Lipinski definition) is 1. The van der Waals surface area contributed by atoms with Gasteiger partial charge < -0.3 is 5.32 Å². The van der Waals surface area contributed by atoms with E-state index < -0.39 is 0 Å². The molecule has 96 valence electrons. The number of nitrogens with one attached hydrogen (secondary N) is 1. The van der Waals surface area contributed by atoms with Crippen LogP contribution < -0.4 is 5.32 Å². The van der Waals surface area contributed by atoms with Gasteiger partial charge >= 0.3 is 0 Å². The van der Waals surface area contributed by atoms with Gasteiger partial charge in [0.05, 0.1) is 6.20 Å². The van der Waals surface area contributed by atoms with E-state index in [1.54, 1.807) is 0 Å². The van der Waals surface area contributed by atoms with E-state index in [1.807, 2.05) is 31.0 Å². The zero-order chi connectivity index (χ0) is 13.0. The van der Waals surface area contributed by atoms with E-state index in [2.05, 4.69) is 44.5 Å². The Kier molecular flexibility index (Phi) is 4.55. The minimum atomic E-state index is 1.03. The van der Waals surface area contributed by atoms with E-state index in [1.165, 1.54) is 16.8 Å². The van der Waals surface area contributed by atoms with Crippen molar-refractivity contribution in [2.45, 2.75) is 12.8 Å². The van der Waals surface area contributed by atoms with Crippen molar-refractivity contribution in [3.8, 4) is 11.1 Å². The van der Waals surface area contributed by atoms with Crippen molar-refractivity contribution < 1.29 is 0 Å². The van der Waals surface area contributed by atoms with Gasteiger partial charge in [0.25, 0.3) is 0 Å². The molecule has 0 fully saturated rings. The zero-order valence-electron chi connectivity index (χ0n) is 10.8. The van der Waals surface area contributed by atoms with Crippen molar-refractivity contribution in [2.24, 2.45) is 7.05 Å². The van der Waals surface area contributed by atoms with E-state index in [0.717, 1.165) is 23.9 Å². The van der Waals surface area contributed by atoms with Crippen LogP contribution in [0.1, 0.15) is 12.1 Å². The second-order valence-corrected chi connectivity index (χ2v) is 5.17. The molecule has 0 unspecified atom stereocenters. The van der Waals surface area contributed by atoms with Crippen LogP contribution in [0.2, 0.25) is 0 Å². The monoisotopic (exact) mass is 307 g/mol. The van der Waals surface area contributed by atoms with Crippen molar-refractivity contribution >= 4 is 15.9 Å². The Hall–Kier alpha value is -1.13. The lowest BCUT2D eigenvalue weighted by molar-refractivity contribution is 0.660. The summed E-state index contributed by atoms with van der Waals surface area (Å²) in [6, 6.07) is 8.29. The number of nitrogens with zero attached hydrogens (tertiary/aromatic N) is 2. The van der Waals surface area contributed by atoms with Crippen LogP contribution in [-0.4, -0.2) is 23.4 Å². The van der Waals surface area contributed by atoms with Crippen molar-refractivity contribution in [1.82, 2.24) is 15.1 Å². The molecule has 1 N–H and O–H groups in total. The molecular formula is C14H18BrN3. The Morgan fingerprint density at radius 3 is 2.78 bits per heavy atom. The first-order chi connectivity index (χ1) is 8.74. The summed E-state index contributed by atoms with van der Waals surface area (Å²) in [5.41, 5.74) is 3.73. The summed E-state index contributed by atoms with van der Waals surface area (Å²) < 4.78 is 3.10. The lowest BCUT2D eigenvalue weighted by Gasteiger charge is -2.08. The molecule has 1 heterocycles. The predicted molar refractivity (Wildman–Crippen MR) is 78.6 cm³/mol. The molecule has 0 aliphatic carbocycles. The molecule has 0 amide bonds. The average Bonchev–Trinajstić information content (AvgIpc) is 2.72. The van der Waals surface area contributed by atoms with E-state index in [9.17, 15) is 0 Å². The molecule has 0 atom stereocenters. The van der Waals surface area contributed by atoms with Gasteiger partial charge in [-0.1, -0.05) is 34.1 Å². The highest BCUT2D eigenvalue weighted by molar-refractivity contribution is 9.10. The summed E-state index contributed by atoms with van der Waals surface area (Å²) in [4.78, 5) is 0. The van der Waals surface area contributed by atoms with Gasteiger partial charge in [-0.25, -0.2) is 0 Å². The molecule has 0 saturated carbocycles. The second-order valence-electron chi connectivity index (χ2n) is 4.32. The van der Waals surface area contributed by atoms with Crippen molar-refractivity contribution in [1.29, 1.82) is 0 Å². The normalized spacial score (nSPS) is 10.8. The molecule has 1 aromatic heterocycles. The molecule has 0 bridgehead atoms. The molecule has 3 nitrogen and oxygen atoms in total. The van der Waals surface area contributed by atoms with Gasteiger partial charge in [-0.15, -0.1) is 0 Å². The first-order valence-electron chi connectivity index (χ1n) is 6.14. The maximum atomic E-state index is 4.39. The highest BCUT2D eigenvalue weighted by Crippen LogP contribution is 2.30. The molecule has 4 heteroatoms. The molecule has 0 radical (unpaired) electrons. The third-order valence-electron chi connectivity index (χ3n) is 3.07. The first kappa shape index (κ1) is 13.3. The van der Waals surface area contributed by atoms with Crippen molar-refractivity contribution in [3.05, 3.63) is 40.6 Å². The molecule has 0 aliphatic heterocycles. The van der Waals surface area contributed by atoms with Gasteiger partial charge in [-0.3, -0.25) is 4.68 Å². The molecular weight excluding hydrogens is 290 g/mol. The van der Waals surface area contributed by atoms with Gasteiger partial charge in [0.15, 0.2) is 0 Å². The van der Waals surface area contributed by atoms with Crippen LogP contribution in [0.15, 0.2) is 34.9 Å². The fourth-order valence-electron chi connectivity index (χ4n) is 2.10. The lowest BCUT2D eigenvalue weighted by Crippen LogP contribution is -2.10. The molecule has 0 saturated heterocycles. The summed E-state index contributed by atoms with van der Waals surface area (Å²) >= 11 is 3.61. The molecule has 1 aromatic carbocycles. The summed E-state index contributed by atoms with van der Waals surface area (Å²) in [5, 5.41) is 7.57. The number of halogens is 1. The van der Waals surface area contributed by atoms with Gasteiger partial charge in [0.2, 0.25) is 0 Å². The van der Waals surface area contributed by atoms with E-state index >= 15 is 0 Å². The SMILES string of the molecule is CNCCCc1c(-c2ccccc2Br)cnn1C. The molecule has 2 aromatic rings. The summed E-state index contributed by atoms with van der Waals surface area (Å²) in [6.45, 7) is 1.03. The third-order valence-corrected chi connectivity index (χ3v) is 3.76. The number of benzene rings is 1. The van der Waals surface area contributed by atoms with Crippen LogP contribution in [-0.2, 0) is 13.5 Å². The molecule has 2 rings (SSSR count). The van der Waals surface area contributed by atoms with Crippen LogP contribution in [0.5, 0.6) is 0 Å².